The highest BCUT2D eigenvalue weighted by atomic mass is 35.5. The summed E-state index contributed by atoms with van der Waals surface area (Å²) in [6.07, 6.45) is 0. The lowest BCUT2D eigenvalue weighted by Crippen LogP contribution is -2.38. The van der Waals surface area contributed by atoms with E-state index in [0.29, 0.717) is 11.1 Å². The van der Waals surface area contributed by atoms with Gasteiger partial charge in [0.25, 0.3) is 5.91 Å². The molecule has 2 aromatic rings. The van der Waals surface area contributed by atoms with Crippen molar-refractivity contribution in [2.24, 2.45) is 0 Å². The molecule has 0 fully saturated rings. The molecule has 0 heterocycles. The van der Waals surface area contributed by atoms with Gasteiger partial charge in [0.1, 0.15) is 5.82 Å². The molecule has 2 amide bonds. The Morgan fingerprint density at radius 1 is 1.08 bits per heavy atom. The Hall–Kier alpha value is -2.11. The third-order valence-corrected chi connectivity index (χ3v) is 4.68. The summed E-state index contributed by atoms with van der Waals surface area (Å²) < 4.78 is 13.6. The van der Waals surface area contributed by atoms with E-state index in [1.165, 1.54) is 12.1 Å². The quantitative estimate of drug-likeness (QED) is 0.737. The molecule has 0 unspecified atom stereocenters. The van der Waals surface area contributed by atoms with Crippen LogP contribution in [0.15, 0.2) is 30.3 Å². The molecule has 2 N–H and O–H groups in total. The summed E-state index contributed by atoms with van der Waals surface area (Å²) in [5.74, 6) is -1.37. The fraction of sp³-hybridized carbons (Fsp3) is 0.263. The number of carbonyl (C=O) groups is 2. The lowest BCUT2D eigenvalue weighted by atomic mass is 10.1. The number of halogens is 3. The smallest absolute Gasteiger partial charge is 0.251 e. The highest BCUT2D eigenvalue weighted by molar-refractivity contribution is 6.35. The Balaban J connectivity index is 1.95. The van der Waals surface area contributed by atoms with Crippen molar-refractivity contribution in [1.29, 1.82) is 0 Å². The summed E-state index contributed by atoms with van der Waals surface area (Å²) in [5, 5.41) is 5.39. The zero-order chi connectivity index (χ0) is 19.4. The van der Waals surface area contributed by atoms with Crippen LogP contribution in [0.4, 0.5) is 4.39 Å². The Bertz CT molecular complexity index is 856. The maximum absolute atomic E-state index is 13.6. The van der Waals surface area contributed by atoms with Gasteiger partial charge in [0.2, 0.25) is 5.91 Å². The maximum Gasteiger partial charge on any atom is 0.251 e. The first-order chi connectivity index (χ1) is 12.2. The van der Waals surface area contributed by atoms with Crippen molar-refractivity contribution in [3.05, 3.63) is 68.4 Å². The zero-order valence-electron chi connectivity index (χ0n) is 14.6. The third-order valence-electron chi connectivity index (χ3n) is 4.06. The molecule has 0 radical (unpaired) electrons. The molecule has 0 saturated carbocycles. The Morgan fingerprint density at radius 2 is 1.77 bits per heavy atom. The molecule has 2 rings (SSSR count). The van der Waals surface area contributed by atoms with Gasteiger partial charge < -0.3 is 10.6 Å². The SMILES string of the molecule is Cc1ccc(C(=O)NCC(=O)N[C@H](C)c2cc(F)c(Cl)cc2Cl)cc1C. The van der Waals surface area contributed by atoms with Crippen molar-refractivity contribution < 1.29 is 14.0 Å². The fourth-order valence-corrected chi connectivity index (χ4v) is 2.93. The molecule has 2 aromatic carbocycles. The molecular formula is C19H19Cl2FN2O2. The molecule has 0 bridgehead atoms. The van der Waals surface area contributed by atoms with Crippen molar-refractivity contribution in [2.45, 2.75) is 26.8 Å². The molecule has 138 valence electrons. The summed E-state index contributed by atoms with van der Waals surface area (Å²) in [4.78, 5) is 24.2. The van der Waals surface area contributed by atoms with Crippen LogP contribution in [0.1, 0.15) is 40.0 Å². The number of carbonyl (C=O) groups excluding carboxylic acids is 2. The second-order valence-electron chi connectivity index (χ2n) is 6.06. The summed E-state index contributed by atoms with van der Waals surface area (Å²) in [5.41, 5.74) is 2.97. The molecule has 0 aliphatic carbocycles. The molecule has 7 heteroatoms. The summed E-state index contributed by atoms with van der Waals surface area (Å²) in [6.45, 7) is 5.33. The third kappa shape index (κ3) is 4.96. The van der Waals surface area contributed by atoms with Crippen molar-refractivity contribution in [3.8, 4) is 0 Å². The summed E-state index contributed by atoms with van der Waals surface area (Å²) in [6, 6.07) is 7.25. The number of benzene rings is 2. The first-order valence-corrected chi connectivity index (χ1v) is 8.74. The Morgan fingerprint density at radius 3 is 2.42 bits per heavy atom. The van der Waals surface area contributed by atoms with Crippen LogP contribution in [0.5, 0.6) is 0 Å². The minimum Gasteiger partial charge on any atom is -0.348 e. The highest BCUT2D eigenvalue weighted by Crippen LogP contribution is 2.28. The number of rotatable bonds is 5. The van der Waals surface area contributed by atoms with E-state index in [9.17, 15) is 14.0 Å². The predicted octanol–water partition coefficient (Wildman–Crippen LogP) is 4.36. The van der Waals surface area contributed by atoms with Crippen LogP contribution in [0, 0.1) is 19.7 Å². The zero-order valence-corrected chi connectivity index (χ0v) is 16.1. The number of aryl methyl sites for hydroxylation is 2. The molecular weight excluding hydrogens is 378 g/mol. The second kappa shape index (κ2) is 8.52. The van der Waals surface area contributed by atoms with E-state index < -0.39 is 17.8 Å². The van der Waals surface area contributed by atoms with E-state index in [2.05, 4.69) is 10.6 Å². The average Bonchev–Trinajstić information content (AvgIpc) is 2.58. The minimum absolute atomic E-state index is 0.0852. The van der Waals surface area contributed by atoms with Gasteiger partial charge >= 0.3 is 0 Å². The van der Waals surface area contributed by atoms with Gasteiger partial charge in [-0.1, -0.05) is 29.3 Å². The van der Waals surface area contributed by atoms with Crippen LogP contribution < -0.4 is 10.6 Å². The predicted molar refractivity (Wildman–Crippen MR) is 101 cm³/mol. The fourth-order valence-electron chi connectivity index (χ4n) is 2.39. The lowest BCUT2D eigenvalue weighted by Gasteiger charge is -2.16. The minimum atomic E-state index is -0.616. The van der Waals surface area contributed by atoms with Crippen LogP contribution in [0.3, 0.4) is 0 Å². The molecule has 0 aromatic heterocycles. The van der Waals surface area contributed by atoms with Crippen LogP contribution in [-0.4, -0.2) is 18.4 Å². The number of hydrogen-bond acceptors (Lipinski definition) is 2. The first kappa shape index (κ1) is 20.2. The number of nitrogens with one attached hydrogen (secondary N) is 2. The normalized spacial score (nSPS) is 11.8. The van der Waals surface area contributed by atoms with E-state index in [1.807, 2.05) is 19.9 Å². The van der Waals surface area contributed by atoms with Crippen LogP contribution in [0.2, 0.25) is 10.0 Å². The van der Waals surface area contributed by atoms with Gasteiger partial charge in [0, 0.05) is 10.6 Å². The number of hydrogen-bond donors (Lipinski definition) is 2. The Kier molecular flexibility index (Phi) is 6.62. The largest absolute Gasteiger partial charge is 0.348 e. The van der Waals surface area contributed by atoms with Crippen LogP contribution in [-0.2, 0) is 4.79 Å². The van der Waals surface area contributed by atoms with Gasteiger partial charge in [0.05, 0.1) is 17.6 Å². The first-order valence-electron chi connectivity index (χ1n) is 7.98. The summed E-state index contributed by atoms with van der Waals surface area (Å²) in [7, 11) is 0. The van der Waals surface area contributed by atoms with Crippen molar-refractivity contribution in [2.75, 3.05) is 6.54 Å². The van der Waals surface area contributed by atoms with E-state index >= 15 is 0 Å². The second-order valence-corrected chi connectivity index (χ2v) is 6.87. The van der Waals surface area contributed by atoms with Crippen LogP contribution in [0.25, 0.3) is 0 Å². The maximum atomic E-state index is 13.6. The van der Waals surface area contributed by atoms with E-state index in [4.69, 9.17) is 23.2 Å². The lowest BCUT2D eigenvalue weighted by molar-refractivity contribution is -0.120. The monoisotopic (exact) mass is 396 g/mol. The summed E-state index contributed by atoms with van der Waals surface area (Å²) >= 11 is 11.7. The van der Waals surface area contributed by atoms with Gasteiger partial charge in [-0.15, -0.1) is 0 Å². The topological polar surface area (TPSA) is 58.2 Å². The Labute approximate surface area is 161 Å². The molecule has 0 saturated heterocycles. The van der Waals surface area contributed by atoms with Gasteiger partial charge in [-0.25, -0.2) is 4.39 Å². The van der Waals surface area contributed by atoms with Gasteiger partial charge in [-0.3, -0.25) is 9.59 Å². The standard InChI is InChI=1S/C19H19Cl2FN2O2/c1-10-4-5-13(6-11(10)2)19(26)23-9-18(25)24-12(3)14-7-17(22)16(21)8-15(14)20/h4-8,12H,9H2,1-3H3,(H,23,26)(H,24,25)/t12-/m1/s1. The molecule has 1 atom stereocenters. The molecule has 0 aliphatic heterocycles. The molecule has 0 aliphatic rings. The van der Waals surface area contributed by atoms with Crippen molar-refractivity contribution >= 4 is 35.0 Å². The van der Waals surface area contributed by atoms with E-state index in [1.54, 1.807) is 19.1 Å². The van der Waals surface area contributed by atoms with Crippen molar-refractivity contribution in [1.82, 2.24) is 10.6 Å². The molecule has 4 nitrogen and oxygen atoms in total. The highest BCUT2D eigenvalue weighted by Gasteiger charge is 2.16. The molecule has 0 spiro atoms. The van der Waals surface area contributed by atoms with Crippen LogP contribution >= 0.6 is 23.2 Å². The van der Waals surface area contributed by atoms with Gasteiger partial charge in [0.15, 0.2) is 0 Å². The molecule has 26 heavy (non-hydrogen) atoms. The van der Waals surface area contributed by atoms with E-state index in [-0.39, 0.29) is 22.5 Å². The van der Waals surface area contributed by atoms with Gasteiger partial charge in [-0.2, -0.15) is 0 Å². The number of amides is 2. The average molecular weight is 397 g/mol. The van der Waals surface area contributed by atoms with E-state index in [0.717, 1.165) is 11.1 Å². The van der Waals surface area contributed by atoms with Gasteiger partial charge in [-0.05, 0) is 61.7 Å². The van der Waals surface area contributed by atoms with Crippen molar-refractivity contribution in [3.63, 3.8) is 0 Å².